The fraction of sp³-hybridized carbons (Fsp3) is 0. The third kappa shape index (κ3) is 6.18. The Morgan fingerprint density at radius 2 is 0.877 bits per heavy atom. The Labute approximate surface area is 389 Å². The highest BCUT2D eigenvalue weighted by molar-refractivity contribution is 14.1. The molecule has 0 unspecified atom stereocenters. The average molecular weight is 944 g/mol. The van der Waals surface area contributed by atoms with E-state index in [4.69, 9.17) is 4.42 Å². The fourth-order valence-electron chi connectivity index (χ4n) is 10.0. The molecule has 0 aliphatic heterocycles. The third-order valence-corrected chi connectivity index (χ3v) is 13.6. The van der Waals surface area contributed by atoms with Gasteiger partial charge in [-0.2, -0.15) is 0 Å². The van der Waals surface area contributed by atoms with Crippen molar-refractivity contribution in [3.63, 3.8) is 0 Å². The van der Waals surface area contributed by atoms with Crippen LogP contribution in [0.5, 0.6) is 0 Å². The van der Waals surface area contributed by atoms with E-state index in [0.29, 0.717) is 0 Å². The molecule has 0 aliphatic carbocycles. The van der Waals surface area contributed by atoms with E-state index in [1.165, 1.54) is 41.7 Å². The molecule has 3 heterocycles. The highest BCUT2D eigenvalue weighted by Crippen LogP contribution is 2.42. The first kappa shape index (κ1) is 37.7. The van der Waals surface area contributed by atoms with E-state index >= 15 is 0 Å². The van der Waals surface area contributed by atoms with Crippen LogP contribution >= 0.6 is 22.6 Å². The summed E-state index contributed by atoms with van der Waals surface area (Å²) in [6.07, 6.45) is 0. The van der Waals surface area contributed by atoms with E-state index in [0.717, 1.165) is 78.1 Å². The van der Waals surface area contributed by atoms with Crippen LogP contribution in [0.15, 0.2) is 235 Å². The molecule has 13 aromatic rings. The van der Waals surface area contributed by atoms with Crippen LogP contribution in [0.2, 0.25) is 0 Å². The Hall–Kier alpha value is -7.87. The Balaban J connectivity index is 0.942. The predicted molar refractivity (Wildman–Crippen MR) is 281 cm³/mol. The van der Waals surface area contributed by atoms with Gasteiger partial charge in [0.05, 0.1) is 22.1 Å². The lowest BCUT2D eigenvalue weighted by molar-refractivity contribution is 0.670. The molecule has 4 nitrogen and oxygen atoms in total. The maximum atomic E-state index is 6.47. The summed E-state index contributed by atoms with van der Waals surface area (Å²) in [4.78, 5) is 2.37. The lowest BCUT2D eigenvalue weighted by Crippen LogP contribution is -2.10. The van der Waals surface area contributed by atoms with Gasteiger partial charge in [0.15, 0.2) is 0 Å². The molecule has 10 aromatic carbocycles. The zero-order valence-electron chi connectivity index (χ0n) is 35.1. The van der Waals surface area contributed by atoms with E-state index < -0.39 is 0 Å². The molecule has 5 heteroatoms. The smallest absolute Gasteiger partial charge is 0.143 e. The van der Waals surface area contributed by atoms with E-state index in [-0.39, 0.29) is 0 Å². The van der Waals surface area contributed by atoms with E-state index in [2.05, 4.69) is 255 Å². The summed E-state index contributed by atoms with van der Waals surface area (Å²) in [5.41, 5.74) is 16.5. The predicted octanol–water partition coefficient (Wildman–Crippen LogP) is 17.2. The molecule has 13 rings (SSSR count). The Morgan fingerprint density at radius 3 is 1.62 bits per heavy atom. The van der Waals surface area contributed by atoms with Crippen LogP contribution in [0.1, 0.15) is 0 Å². The molecule has 306 valence electrons. The standard InChI is InChI=1S/C60H38IN3O/c61-42-28-34-51-49-16-5-8-22-56(49)64(57(51)37-42)46-15-10-12-41(36-46)39-24-29-44(30-25-39)62(45-31-26-40(27-32-45)48-19-11-20-54-53-18-6-9-23-59(53)65-60(48)54)47-33-35-52-50-17-4-7-21-55(50)63(58(52)38-47)43-13-2-1-3-14-43/h1-38H. The largest absolute Gasteiger partial charge is 0.455 e. The van der Waals surface area contributed by atoms with Gasteiger partial charge in [-0.1, -0.05) is 140 Å². The number of hydrogen-bond donors (Lipinski definition) is 0. The first-order chi connectivity index (χ1) is 32.1. The van der Waals surface area contributed by atoms with Crippen LogP contribution in [0.4, 0.5) is 17.1 Å². The molecule has 0 saturated heterocycles. The van der Waals surface area contributed by atoms with Crippen LogP contribution in [0.3, 0.4) is 0 Å². The average Bonchev–Trinajstić information content (AvgIpc) is 4.02. The number of aromatic nitrogens is 2. The van der Waals surface area contributed by atoms with Crippen LogP contribution in [-0.2, 0) is 0 Å². The number of nitrogens with zero attached hydrogens (tertiary/aromatic N) is 3. The van der Waals surface area contributed by atoms with Crippen LogP contribution < -0.4 is 4.90 Å². The minimum absolute atomic E-state index is 0.901. The van der Waals surface area contributed by atoms with Crippen molar-refractivity contribution in [2.24, 2.45) is 0 Å². The van der Waals surface area contributed by atoms with Gasteiger partial charge in [-0.3, -0.25) is 0 Å². The summed E-state index contributed by atoms with van der Waals surface area (Å²) in [5, 5.41) is 7.23. The third-order valence-electron chi connectivity index (χ3n) is 13.0. The first-order valence-electron chi connectivity index (χ1n) is 21.9. The molecule has 0 atom stereocenters. The molecule has 0 fully saturated rings. The van der Waals surface area contributed by atoms with E-state index in [1.54, 1.807) is 0 Å². The van der Waals surface area contributed by atoms with Crippen molar-refractivity contribution >= 4 is 105 Å². The fourth-order valence-corrected chi connectivity index (χ4v) is 10.5. The lowest BCUT2D eigenvalue weighted by atomic mass is 10.0. The van der Waals surface area contributed by atoms with Gasteiger partial charge >= 0.3 is 0 Å². The van der Waals surface area contributed by atoms with Gasteiger partial charge in [0, 0.05) is 69.9 Å². The highest BCUT2D eigenvalue weighted by atomic mass is 127. The number of anilines is 3. The normalized spacial score (nSPS) is 11.8. The molecule has 0 radical (unpaired) electrons. The lowest BCUT2D eigenvalue weighted by Gasteiger charge is -2.26. The molecule has 0 amide bonds. The highest BCUT2D eigenvalue weighted by Gasteiger charge is 2.20. The summed E-state index contributed by atoms with van der Waals surface area (Å²) in [5.74, 6) is 0. The van der Waals surface area contributed by atoms with E-state index in [1.807, 2.05) is 12.1 Å². The second kappa shape index (κ2) is 15.1. The molecule has 0 spiro atoms. The maximum absolute atomic E-state index is 6.47. The zero-order chi connectivity index (χ0) is 43.0. The number of halogens is 1. The Kier molecular flexibility index (Phi) is 8.78. The molecular weight excluding hydrogens is 906 g/mol. The molecule has 0 bridgehead atoms. The number of fused-ring (bicyclic) bond motifs is 9. The van der Waals surface area contributed by atoms with Crippen molar-refractivity contribution in [1.82, 2.24) is 9.13 Å². The van der Waals surface area contributed by atoms with Crippen molar-refractivity contribution < 1.29 is 4.42 Å². The second-order valence-corrected chi connectivity index (χ2v) is 17.9. The van der Waals surface area contributed by atoms with Crippen molar-refractivity contribution in [3.05, 3.63) is 234 Å². The van der Waals surface area contributed by atoms with Gasteiger partial charge in [-0.15, -0.1) is 0 Å². The number of furan rings is 1. The molecule has 3 aromatic heterocycles. The molecule has 0 N–H and O–H groups in total. The molecular formula is C60H38IN3O. The van der Waals surface area contributed by atoms with Crippen molar-refractivity contribution in [3.8, 4) is 33.6 Å². The van der Waals surface area contributed by atoms with Crippen LogP contribution in [-0.4, -0.2) is 9.13 Å². The first-order valence-corrected chi connectivity index (χ1v) is 23.0. The molecule has 0 aliphatic rings. The summed E-state index contributed by atoms with van der Waals surface area (Å²) in [6, 6.07) is 83.3. The summed E-state index contributed by atoms with van der Waals surface area (Å²) in [6.45, 7) is 0. The Morgan fingerprint density at radius 1 is 0.338 bits per heavy atom. The van der Waals surface area contributed by atoms with Crippen LogP contribution in [0.25, 0.3) is 99.2 Å². The number of rotatable bonds is 7. The number of para-hydroxylation sites is 5. The summed E-state index contributed by atoms with van der Waals surface area (Å²) >= 11 is 2.42. The Bertz CT molecular complexity index is 3950. The molecule has 0 saturated carbocycles. The minimum Gasteiger partial charge on any atom is -0.455 e. The van der Waals surface area contributed by atoms with Crippen molar-refractivity contribution in [2.75, 3.05) is 4.90 Å². The van der Waals surface area contributed by atoms with Gasteiger partial charge in [0.25, 0.3) is 0 Å². The SMILES string of the molecule is Ic1ccc2c3ccccc3n(-c3cccc(-c4ccc(N(c5ccc(-c6cccc7c6oc6ccccc67)cc5)c5ccc6c7ccccc7n(-c7ccccc7)c6c5)cc4)c3)c2c1. The van der Waals surface area contributed by atoms with Gasteiger partial charge in [0.2, 0.25) is 0 Å². The maximum Gasteiger partial charge on any atom is 0.143 e. The minimum atomic E-state index is 0.901. The summed E-state index contributed by atoms with van der Waals surface area (Å²) in [7, 11) is 0. The van der Waals surface area contributed by atoms with Crippen molar-refractivity contribution in [2.45, 2.75) is 0 Å². The van der Waals surface area contributed by atoms with Gasteiger partial charge < -0.3 is 18.5 Å². The molecule has 65 heavy (non-hydrogen) atoms. The quantitative estimate of drug-likeness (QED) is 0.149. The van der Waals surface area contributed by atoms with Gasteiger partial charge in [-0.05, 0) is 130 Å². The van der Waals surface area contributed by atoms with Gasteiger partial charge in [-0.25, -0.2) is 0 Å². The van der Waals surface area contributed by atoms with E-state index in [9.17, 15) is 0 Å². The topological polar surface area (TPSA) is 26.2 Å². The zero-order valence-corrected chi connectivity index (χ0v) is 37.2. The second-order valence-electron chi connectivity index (χ2n) is 16.7. The number of hydrogen-bond acceptors (Lipinski definition) is 2. The van der Waals surface area contributed by atoms with Crippen LogP contribution in [0, 0.1) is 3.57 Å². The van der Waals surface area contributed by atoms with Gasteiger partial charge in [0.1, 0.15) is 11.2 Å². The monoisotopic (exact) mass is 943 g/mol. The number of benzene rings is 10. The summed E-state index contributed by atoms with van der Waals surface area (Å²) < 4.78 is 12.5. The van der Waals surface area contributed by atoms with Crippen molar-refractivity contribution in [1.29, 1.82) is 0 Å².